The van der Waals surface area contributed by atoms with E-state index in [4.69, 9.17) is 0 Å². The zero-order valence-electron chi connectivity index (χ0n) is 20.3. The van der Waals surface area contributed by atoms with Crippen molar-refractivity contribution in [3.8, 4) is 0 Å². The molecule has 2 rings (SSSR count). The van der Waals surface area contributed by atoms with Crippen LogP contribution in [0.1, 0.15) is 126 Å². The lowest BCUT2D eigenvalue weighted by molar-refractivity contribution is 0.357. The van der Waals surface area contributed by atoms with E-state index in [9.17, 15) is 0 Å². The van der Waals surface area contributed by atoms with E-state index in [2.05, 4.69) is 54.5 Å². The Balaban J connectivity index is 1.83. The van der Waals surface area contributed by atoms with Crippen LogP contribution in [0.15, 0.2) is 6.07 Å². The highest BCUT2D eigenvalue weighted by molar-refractivity contribution is 5.45. The average molecular weight is 385 g/mol. The highest BCUT2D eigenvalue weighted by atomic mass is 14.4. The second-order valence-electron chi connectivity index (χ2n) is 11.4. The van der Waals surface area contributed by atoms with Crippen molar-refractivity contribution in [2.75, 3.05) is 0 Å². The van der Waals surface area contributed by atoms with Crippen molar-refractivity contribution in [1.82, 2.24) is 0 Å². The summed E-state index contributed by atoms with van der Waals surface area (Å²) >= 11 is 0. The lowest BCUT2D eigenvalue weighted by atomic mass is 9.86. The van der Waals surface area contributed by atoms with Gasteiger partial charge in [-0.25, -0.2) is 0 Å². The molecule has 0 aliphatic heterocycles. The van der Waals surface area contributed by atoms with Crippen LogP contribution in [0.3, 0.4) is 0 Å². The average Bonchev–Trinajstić information content (AvgIpc) is 3.33. The van der Waals surface area contributed by atoms with Gasteiger partial charge in [-0.1, -0.05) is 65.9 Å². The van der Waals surface area contributed by atoms with Crippen LogP contribution in [-0.4, -0.2) is 0 Å². The van der Waals surface area contributed by atoms with Gasteiger partial charge in [0.05, 0.1) is 0 Å². The normalized spacial score (nSPS) is 15.8. The minimum atomic E-state index is 0.494. The maximum atomic E-state index is 2.47. The van der Waals surface area contributed by atoms with Crippen molar-refractivity contribution in [2.24, 2.45) is 10.8 Å². The van der Waals surface area contributed by atoms with Crippen LogP contribution < -0.4 is 0 Å². The lowest BCUT2D eigenvalue weighted by Crippen LogP contribution is -2.05. The van der Waals surface area contributed by atoms with Gasteiger partial charge in [-0.2, -0.15) is 0 Å². The Morgan fingerprint density at radius 3 is 1.93 bits per heavy atom. The van der Waals surface area contributed by atoms with Crippen LogP contribution in [0, 0.1) is 31.6 Å². The largest absolute Gasteiger partial charge is 0.0602 e. The van der Waals surface area contributed by atoms with Crippen molar-refractivity contribution >= 4 is 0 Å². The molecule has 0 spiro atoms. The van der Waals surface area contributed by atoms with E-state index in [0.717, 1.165) is 5.41 Å². The van der Waals surface area contributed by atoms with E-state index in [0.29, 0.717) is 5.41 Å². The molecule has 0 heterocycles. The van der Waals surface area contributed by atoms with E-state index in [1.165, 1.54) is 89.0 Å². The molecule has 0 nitrogen and oxygen atoms in total. The predicted octanol–water partition coefficient (Wildman–Crippen LogP) is 9.05. The van der Waals surface area contributed by atoms with Crippen LogP contribution in [0.5, 0.6) is 0 Å². The summed E-state index contributed by atoms with van der Waals surface area (Å²) in [6, 6.07) is 2.43. The highest BCUT2D eigenvalue weighted by Gasteiger charge is 2.35. The smallest absolute Gasteiger partial charge is 0.0273 e. The number of unbranched alkanes of at least 4 members (excludes halogenated alkanes) is 5. The molecule has 0 radical (unpaired) electrons. The zero-order valence-corrected chi connectivity index (χ0v) is 20.3. The van der Waals surface area contributed by atoms with Crippen LogP contribution >= 0.6 is 0 Å². The summed E-state index contributed by atoms with van der Waals surface area (Å²) in [6.45, 7) is 16.6. The van der Waals surface area contributed by atoms with E-state index in [1.807, 2.05) is 0 Å². The third-order valence-corrected chi connectivity index (χ3v) is 7.23. The van der Waals surface area contributed by atoms with Crippen molar-refractivity contribution in [3.63, 3.8) is 0 Å². The lowest BCUT2D eigenvalue weighted by Gasteiger charge is -2.19. The molecule has 0 unspecified atom stereocenters. The van der Waals surface area contributed by atoms with Crippen molar-refractivity contribution < 1.29 is 0 Å². The van der Waals surface area contributed by atoms with E-state index >= 15 is 0 Å². The maximum Gasteiger partial charge on any atom is -0.0273 e. The second-order valence-corrected chi connectivity index (χ2v) is 11.4. The third-order valence-electron chi connectivity index (χ3n) is 7.23. The van der Waals surface area contributed by atoms with Gasteiger partial charge in [0.15, 0.2) is 0 Å². The molecular formula is C28H48. The maximum absolute atomic E-state index is 2.47. The number of aryl methyl sites for hydroxylation is 2. The molecule has 160 valence electrons. The molecule has 1 fully saturated rings. The van der Waals surface area contributed by atoms with E-state index in [1.54, 1.807) is 22.3 Å². The van der Waals surface area contributed by atoms with Crippen LogP contribution in [0.25, 0.3) is 0 Å². The molecule has 1 aliphatic carbocycles. The number of rotatable bonds is 12. The Bertz CT molecular complexity index is 610. The summed E-state index contributed by atoms with van der Waals surface area (Å²) in [5, 5.41) is 0. The molecule has 0 saturated heterocycles. The molecule has 0 bridgehead atoms. The van der Waals surface area contributed by atoms with Gasteiger partial charge >= 0.3 is 0 Å². The Morgan fingerprint density at radius 2 is 1.32 bits per heavy atom. The minimum absolute atomic E-state index is 0.494. The molecule has 28 heavy (non-hydrogen) atoms. The van der Waals surface area contributed by atoms with Gasteiger partial charge in [-0.05, 0) is 111 Å². The SMILES string of the molecule is Cc1cc(C)c(CCCCCC2(C)CC2)c(CCCCCCC(C)(C)C)c1C. The number of hydrogen-bond donors (Lipinski definition) is 0. The molecule has 1 aliphatic rings. The van der Waals surface area contributed by atoms with Crippen LogP contribution in [0.2, 0.25) is 0 Å². The van der Waals surface area contributed by atoms with Crippen LogP contribution in [-0.2, 0) is 12.8 Å². The number of benzene rings is 1. The van der Waals surface area contributed by atoms with Gasteiger partial charge in [0.25, 0.3) is 0 Å². The summed E-state index contributed by atoms with van der Waals surface area (Å²) in [5.41, 5.74) is 9.22. The van der Waals surface area contributed by atoms with Gasteiger partial charge < -0.3 is 0 Å². The molecule has 0 heteroatoms. The third kappa shape index (κ3) is 7.92. The Hall–Kier alpha value is -0.780. The van der Waals surface area contributed by atoms with Gasteiger partial charge in [-0.3, -0.25) is 0 Å². The molecule has 0 atom stereocenters. The fourth-order valence-corrected chi connectivity index (χ4v) is 4.71. The molecule has 0 amide bonds. The minimum Gasteiger partial charge on any atom is -0.0602 e. The molecule has 0 aromatic heterocycles. The highest BCUT2D eigenvalue weighted by Crippen LogP contribution is 2.49. The first-order valence-electron chi connectivity index (χ1n) is 12.2. The summed E-state index contributed by atoms with van der Waals surface area (Å²) in [4.78, 5) is 0. The summed E-state index contributed by atoms with van der Waals surface area (Å²) in [6.07, 6.45) is 18.1. The van der Waals surface area contributed by atoms with Crippen molar-refractivity contribution in [3.05, 3.63) is 33.9 Å². The Morgan fingerprint density at radius 1 is 0.750 bits per heavy atom. The summed E-state index contributed by atoms with van der Waals surface area (Å²) in [5.74, 6) is 0. The van der Waals surface area contributed by atoms with E-state index < -0.39 is 0 Å². The predicted molar refractivity (Wildman–Crippen MR) is 126 cm³/mol. The quantitative estimate of drug-likeness (QED) is 0.315. The monoisotopic (exact) mass is 384 g/mol. The Labute approximate surface area is 176 Å². The fourth-order valence-electron chi connectivity index (χ4n) is 4.71. The van der Waals surface area contributed by atoms with E-state index in [-0.39, 0.29) is 0 Å². The first-order chi connectivity index (χ1) is 13.1. The number of hydrogen-bond acceptors (Lipinski definition) is 0. The first-order valence-corrected chi connectivity index (χ1v) is 12.2. The molecular weight excluding hydrogens is 336 g/mol. The topological polar surface area (TPSA) is 0 Å². The molecule has 0 N–H and O–H groups in total. The fraction of sp³-hybridized carbons (Fsp3) is 0.786. The molecule has 1 aromatic carbocycles. The summed E-state index contributed by atoms with van der Waals surface area (Å²) in [7, 11) is 0. The van der Waals surface area contributed by atoms with Gasteiger partial charge in [0.2, 0.25) is 0 Å². The second kappa shape index (κ2) is 10.3. The van der Waals surface area contributed by atoms with Gasteiger partial charge in [0, 0.05) is 0 Å². The molecule has 1 saturated carbocycles. The first kappa shape index (κ1) is 23.5. The van der Waals surface area contributed by atoms with Gasteiger partial charge in [-0.15, -0.1) is 0 Å². The summed E-state index contributed by atoms with van der Waals surface area (Å²) < 4.78 is 0. The Kier molecular flexibility index (Phi) is 8.65. The standard InChI is InChI=1S/C28H48/c1-22-21-23(2)25(15-12-10-14-18-28(7)19-20-28)26(24(22)3)16-11-8-9-13-17-27(4,5)6/h21H,8-20H2,1-7H3. The van der Waals surface area contributed by atoms with Crippen molar-refractivity contribution in [2.45, 2.75) is 132 Å². The van der Waals surface area contributed by atoms with Gasteiger partial charge in [0.1, 0.15) is 0 Å². The molecule has 1 aromatic rings. The van der Waals surface area contributed by atoms with Crippen molar-refractivity contribution in [1.29, 1.82) is 0 Å². The van der Waals surface area contributed by atoms with Crippen LogP contribution in [0.4, 0.5) is 0 Å². The zero-order chi connectivity index (χ0) is 20.8.